The van der Waals surface area contributed by atoms with Crippen molar-refractivity contribution in [1.82, 2.24) is 14.5 Å². The van der Waals surface area contributed by atoms with E-state index in [2.05, 4.69) is 37.6 Å². The first-order chi connectivity index (χ1) is 9.76. The van der Waals surface area contributed by atoms with Crippen LogP contribution in [-0.2, 0) is 6.54 Å². The highest BCUT2D eigenvalue weighted by Gasteiger charge is 2.18. The summed E-state index contributed by atoms with van der Waals surface area (Å²) in [5, 5.41) is 1.000. The van der Waals surface area contributed by atoms with Crippen molar-refractivity contribution in [2.24, 2.45) is 0 Å². The van der Waals surface area contributed by atoms with Crippen molar-refractivity contribution >= 4 is 21.7 Å². The third kappa shape index (κ3) is 3.82. The average molecular weight is 343 g/mol. The number of hydrogen-bond donors (Lipinski definition) is 0. The van der Waals surface area contributed by atoms with Gasteiger partial charge >= 0.3 is 0 Å². The third-order valence-corrected chi connectivity index (χ3v) is 4.00. The van der Waals surface area contributed by atoms with E-state index in [-0.39, 0.29) is 5.56 Å². The third-order valence-electron chi connectivity index (χ3n) is 3.65. The summed E-state index contributed by atoms with van der Waals surface area (Å²) in [7, 11) is 0. The summed E-state index contributed by atoms with van der Waals surface area (Å²) in [6.07, 6.45) is 5.57. The van der Waals surface area contributed by atoms with Crippen LogP contribution in [-0.4, -0.2) is 52.5 Å². The molecule has 0 radical (unpaired) electrons. The number of aromatic nitrogens is 2. The molecule has 1 fully saturated rings. The number of hydrogen-bond acceptors (Lipinski definition) is 4. The van der Waals surface area contributed by atoms with Gasteiger partial charge in [0.05, 0.1) is 0 Å². The molecule has 1 aromatic rings. The Morgan fingerprint density at radius 2 is 2.10 bits per heavy atom. The minimum atomic E-state index is 0.0447. The van der Waals surface area contributed by atoms with Crippen molar-refractivity contribution < 1.29 is 0 Å². The molecule has 0 N–H and O–H groups in total. The lowest BCUT2D eigenvalue weighted by Gasteiger charge is -2.22. The Labute approximate surface area is 128 Å². The molecule has 2 heterocycles. The van der Waals surface area contributed by atoms with E-state index in [1.54, 1.807) is 17.0 Å². The summed E-state index contributed by atoms with van der Waals surface area (Å²) in [5.41, 5.74) is 0.0447. The zero-order valence-electron chi connectivity index (χ0n) is 12.1. The van der Waals surface area contributed by atoms with E-state index in [0.717, 1.165) is 57.4 Å². The van der Waals surface area contributed by atoms with Crippen molar-refractivity contribution in [1.29, 1.82) is 0 Å². The Balaban J connectivity index is 2.11. The Kier molecular flexibility index (Phi) is 6.04. The fourth-order valence-electron chi connectivity index (χ4n) is 2.60. The predicted octanol–water partition coefficient (Wildman–Crippen LogP) is 1.56. The molecule has 0 atom stereocenters. The monoisotopic (exact) mass is 342 g/mol. The van der Waals surface area contributed by atoms with Gasteiger partial charge in [-0.05, 0) is 19.4 Å². The fourth-order valence-corrected chi connectivity index (χ4v) is 3.10. The summed E-state index contributed by atoms with van der Waals surface area (Å²) in [6, 6.07) is 0. The van der Waals surface area contributed by atoms with Crippen LogP contribution in [0.1, 0.15) is 19.8 Å². The van der Waals surface area contributed by atoms with Crippen molar-refractivity contribution in [3.8, 4) is 0 Å². The molecular formula is C14H23BrN4O. The second-order valence-electron chi connectivity index (χ2n) is 5.12. The van der Waals surface area contributed by atoms with Gasteiger partial charge < -0.3 is 14.4 Å². The first-order valence-corrected chi connectivity index (χ1v) is 8.47. The molecule has 6 heteroatoms. The van der Waals surface area contributed by atoms with E-state index in [9.17, 15) is 4.79 Å². The van der Waals surface area contributed by atoms with Crippen molar-refractivity contribution in [2.75, 3.05) is 43.0 Å². The van der Waals surface area contributed by atoms with E-state index < -0.39 is 0 Å². The predicted molar refractivity (Wildman–Crippen MR) is 85.9 cm³/mol. The molecule has 1 saturated heterocycles. The van der Waals surface area contributed by atoms with Crippen LogP contribution in [0.3, 0.4) is 0 Å². The van der Waals surface area contributed by atoms with Gasteiger partial charge in [-0.2, -0.15) is 0 Å². The maximum atomic E-state index is 12.4. The van der Waals surface area contributed by atoms with Crippen LogP contribution in [0.2, 0.25) is 0 Å². The van der Waals surface area contributed by atoms with Gasteiger partial charge in [0.1, 0.15) is 0 Å². The Morgan fingerprint density at radius 1 is 1.25 bits per heavy atom. The van der Waals surface area contributed by atoms with Gasteiger partial charge in [0.25, 0.3) is 5.56 Å². The van der Waals surface area contributed by atoms with Crippen LogP contribution in [0, 0.1) is 0 Å². The maximum absolute atomic E-state index is 12.4. The number of halogens is 1. The Morgan fingerprint density at radius 3 is 2.85 bits per heavy atom. The van der Waals surface area contributed by atoms with Crippen molar-refractivity contribution in [3.05, 3.63) is 22.7 Å². The number of nitrogens with zero attached hydrogens (tertiary/aromatic N) is 4. The Bertz CT molecular complexity index is 476. The molecule has 1 aliphatic heterocycles. The first kappa shape index (κ1) is 15.5. The number of alkyl halides is 1. The number of anilines is 1. The Hall–Kier alpha value is -0.880. The molecular weight excluding hydrogens is 320 g/mol. The largest absolute Gasteiger partial charge is 0.351 e. The van der Waals surface area contributed by atoms with Crippen LogP contribution in [0.15, 0.2) is 17.2 Å². The molecule has 0 amide bonds. The summed E-state index contributed by atoms with van der Waals surface area (Å²) in [4.78, 5) is 21.3. The average Bonchev–Trinajstić information content (AvgIpc) is 2.68. The van der Waals surface area contributed by atoms with E-state index >= 15 is 0 Å². The van der Waals surface area contributed by atoms with Gasteiger partial charge in [-0.1, -0.05) is 22.9 Å². The van der Waals surface area contributed by atoms with Crippen LogP contribution in [0.4, 0.5) is 5.82 Å². The highest BCUT2D eigenvalue weighted by molar-refractivity contribution is 9.09. The molecule has 0 aromatic carbocycles. The van der Waals surface area contributed by atoms with Crippen molar-refractivity contribution in [3.63, 3.8) is 0 Å². The van der Waals surface area contributed by atoms with Gasteiger partial charge in [-0.25, -0.2) is 4.98 Å². The minimum absolute atomic E-state index is 0.0447. The highest BCUT2D eigenvalue weighted by atomic mass is 79.9. The molecule has 0 saturated carbocycles. The fraction of sp³-hybridized carbons (Fsp3) is 0.714. The molecule has 0 bridgehead atoms. The molecule has 0 unspecified atom stereocenters. The van der Waals surface area contributed by atoms with E-state index in [0.29, 0.717) is 5.82 Å². The highest BCUT2D eigenvalue weighted by Crippen LogP contribution is 2.09. The summed E-state index contributed by atoms with van der Waals surface area (Å²) < 4.78 is 1.77. The minimum Gasteiger partial charge on any atom is -0.351 e. The topological polar surface area (TPSA) is 41.4 Å². The summed E-state index contributed by atoms with van der Waals surface area (Å²) in [5.74, 6) is 0.613. The van der Waals surface area contributed by atoms with Gasteiger partial charge in [-0.3, -0.25) is 4.79 Å². The van der Waals surface area contributed by atoms with E-state index in [4.69, 9.17) is 0 Å². The molecule has 5 nitrogen and oxygen atoms in total. The number of aryl methyl sites for hydroxylation is 1. The van der Waals surface area contributed by atoms with Crippen molar-refractivity contribution in [2.45, 2.75) is 26.3 Å². The molecule has 112 valence electrons. The second-order valence-corrected chi connectivity index (χ2v) is 5.91. The number of rotatable bonds is 5. The van der Waals surface area contributed by atoms with Crippen LogP contribution in [0.5, 0.6) is 0 Å². The van der Waals surface area contributed by atoms with Gasteiger partial charge in [-0.15, -0.1) is 0 Å². The van der Waals surface area contributed by atoms with Gasteiger partial charge in [0.15, 0.2) is 5.82 Å². The molecule has 1 aromatic heterocycles. The van der Waals surface area contributed by atoms with E-state index in [1.807, 2.05) is 0 Å². The molecule has 2 rings (SSSR count). The van der Waals surface area contributed by atoms with Crippen LogP contribution < -0.4 is 10.5 Å². The first-order valence-electron chi connectivity index (χ1n) is 7.35. The summed E-state index contributed by atoms with van der Waals surface area (Å²) in [6.45, 7) is 7.79. The lowest BCUT2D eigenvalue weighted by molar-refractivity contribution is 0.313. The molecule has 20 heavy (non-hydrogen) atoms. The van der Waals surface area contributed by atoms with E-state index in [1.165, 1.54) is 0 Å². The SMILES string of the molecule is CCCn1ccnc(N2CCCN(CCBr)CC2)c1=O. The normalized spacial score (nSPS) is 17.2. The van der Waals surface area contributed by atoms with Gasteiger partial charge in [0, 0.05) is 50.4 Å². The summed E-state index contributed by atoms with van der Waals surface area (Å²) >= 11 is 3.49. The molecule has 1 aliphatic rings. The molecule has 0 aliphatic carbocycles. The second kappa shape index (κ2) is 7.78. The zero-order chi connectivity index (χ0) is 14.4. The maximum Gasteiger partial charge on any atom is 0.293 e. The van der Waals surface area contributed by atoms with Crippen LogP contribution in [0.25, 0.3) is 0 Å². The smallest absolute Gasteiger partial charge is 0.293 e. The zero-order valence-corrected chi connectivity index (χ0v) is 13.7. The van der Waals surface area contributed by atoms with Crippen LogP contribution >= 0.6 is 15.9 Å². The lowest BCUT2D eigenvalue weighted by Crippen LogP contribution is -2.36. The standard InChI is InChI=1S/C14H23BrN4O/c1-2-6-19-10-5-16-13(14(19)20)18-8-3-7-17(9-4-15)11-12-18/h5,10H,2-4,6-9,11-12H2,1H3. The van der Waals surface area contributed by atoms with Gasteiger partial charge in [0.2, 0.25) is 0 Å². The molecule has 0 spiro atoms. The lowest BCUT2D eigenvalue weighted by atomic mass is 10.3. The quantitative estimate of drug-likeness (QED) is 0.761.